The Morgan fingerprint density at radius 3 is 2.71 bits per heavy atom. The molecular formula is C15H26N2O4. The van der Waals surface area contributed by atoms with Gasteiger partial charge in [-0.05, 0) is 25.7 Å². The highest BCUT2D eigenvalue weighted by molar-refractivity contribution is 5.84. The van der Waals surface area contributed by atoms with Gasteiger partial charge in [0.2, 0.25) is 0 Å². The molecule has 0 aromatic heterocycles. The van der Waals surface area contributed by atoms with Crippen LogP contribution >= 0.6 is 0 Å². The molecule has 0 unspecified atom stereocenters. The fraction of sp³-hybridized carbons (Fsp3) is 0.867. The van der Waals surface area contributed by atoms with Crippen LogP contribution in [0.1, 0.15) is 38.5 Å². The van der Waals surface area contributed by atoms with E-state index in [0.29, 0.717) is 24.8 Å². The first-order valence-corrected chi connectivity index (χ1v) is 7.85. The van der Waals surface area contributed by atoms with E-state index >= 15 is 0 Å². The molecule has 0 radical (unpaired) electrons. The van der Waals surface area contributed by atoms with Crippen molar-refractivity contribution >= 4 is 11.8 Å². The maximum Gasteiger partial charge on any atom is 0.305 e. The van der Waals surface area contributed by atoms with Crippen LogP contribution < -0.4 is 10.6 Å². The van der Waals surface area contributed by atoms with Gasteiger partial charge < -0.3 is 20.1 Å². The van der Waals surface area contributed by atoms with Crippen LogP contribution in [-0.4, -0.2) is 56.7 Å². The SMILES string of the molecule is COC(=O)CCC(=O)CNC[C@@H]1C[C@H](OC2CCC2)CN1. The van der Waals surface area contributed by atoms with Crippen LogP contribution in [-0.2, 0) is 19.1 Å². The van der Waals surface area contributed by atoms with Gasteiger partial charge in [-0.25, -0.2) is 0 Å². The summed E-state index contributed by atoms with van der Waals surface area (Å²) in [6.45, 7) is 1.97. The summed E-state index contributed by atoms with van der Waals surface area (Å²) in [5.74, 6) is -0.294. The van der Waals surface area contributed by atoms with E-state index in [4.69, 9.17) is 4.74 Å². The maximum atomic E-state index is 11.6. The molecule has 1 saturated heterocycles. The zero-order valence-corrected chi connectivity index (χ0v) is 12.7. The molecule has 2 fully saturated rings. The second-order valence-corrected chi connectivity index (χ2v) is 5.90. The van der Waals surface area contributed by atoms with Crippen LogP contribution in [0, 0.1) is 0 Å². The van der Waals surface area contributed by atoms with Gasteiger partial charge in [-0.15, -0.1) is 0 Å². The monoisotopic (exact) mass is 298 g/mol. The molecular weight excluding hydrogens is 272 g/mol. The Kier molecular flexibility index (Phi) is 6.60. The Labute approximate surface area is 125 Å². The number of hydrogen-bond donors (Lipinski definition) is 2. The van der Waals surface area contributed by atoms with Crippen molar-refractivity contribution in [2.45, 2.75) is 56.8 Å². The molecule has 2 aliphatic rings. The second-order valence-electron chi connectivity index (χ2n) is 5.90. The first-order valence-electron chi connectivity index (χ1n) is 7.85. The van der Waals surface area contributed by atoms with Crippen LogP contribution in [0.25, 0.3) is 0 Å². The highest BCUT2D eigenvalue weighted by atomic mass is 16.5. The molecule has 0 amide bonds. The van der Waals surface area contributed by atoms with E-state index in [2.05, 4.69) is 15.4 Å². The average Bonchev–Trinajstić information content (AvgIpc) is 2.88. The number of carbonyl (C=O) groups is 2. The zero-order chi connectivity index (χ0) is 15.1. The number of Topliss-reactive ketones (excluding diaryl/α,β-unsaturated/α-hetero) is 1. The molecule has 6 heteroatoms. The predicted octanol–water partition coefficient (Wildman–Crippen LogP) is 0.398. The summed E-state index contributed by atoms with van der Waals surface area (Å²) in [5.41, 5.74) is 0. The van der Waals surface area contributed by atoms with Crippen molar-refractivity contribution < 1.29 is 19.1 Å². The number of methoxy groups -OCH3 is 1. The molecule has 2 rings (SSSR count). The molecule has 0 aromatic rings. The summed E-state index contributed by atoms with van der Waals surface area (Å²) >= 11 is 0. The summed E-state index contributed by atoms with van der Waals surface area (Å²) in [6.07, 6.45) is 5.90. The fourth-order valence-corrected chi connectivity index (χ4v) is 2.64. The van der Waals surface area contributed by atoms with E-state index in [0.717, 1.165) is 19.5 Å². The van der Waals surface area contributed by atoms with Crippen molar-refractivity contribution in [3.8, 4) is 0 Å². The van der Waals surface area contributed by atoms with Crippen molar-refractivity contribution in [1.29, 1.82) is 0 Å². The van der Waals surface area contributed by atoms with E-state index in [1.807, 2.05) is 0 Å². The van der Waals surface area contributed by atoms with Gasteiger partial charge in [-0.1, -0.05) is 0 Å². The first-order chi connectivity index (χ1) is 10.2. The third kappa shape index (κ3) is 5.73. The quantitative estimate of drug-likeness (QED) is 0.600. The Morgan fingerprint density at radius 2 is 2.05 bits per heavy atom. The largest absolute Gasteiger partial charge is 0.469 e. The predicted molar refractivity (Wildman–Crippen MR) is 78.0 cm³/mol. The van der Waals surface area contributed by atoms with Gasteiger partial charge in [0.15, 0.2) is 0 Å². The number of rotatable bonds is 9. The van der Waals surface area contributed by atoms with E-state index in [1.165, 1.54) is 26.4 Å². The molecule has 1 aliphatic heterocycles. The molecule has 2 N–H and O–H groups in total. The summed E-state index contributed by atoms with van der Waals surface area (Å²) in [7, 11) is 1.33. The molecule has 0 spiro atoms. The third-order valence-corrected chi connectivity index (χ3v) is 4.17. The lowest BCUT2D eigenvalue weighted by molar-refractivity contribution is -0.141. The number of nitrogens with one attached hydrogen (secondary N) is 2. The van der Waals surface area contributed by atoms with Gasteiger partial charge >= 0.3 is 5.97 Å². The van der Waals surface area contributed by atoms with Crippen LogP contribution in [0.15, 0.2) is 0 Å². The molecule has 1 aliphatic carbocycles. The van der Waals surface area contributed by atoms with Gasteiger partial charge in [0.05, 0.1) is 32.3 Å². The summed E-state index contributed by atoms with van der Waals surface area (Å²) in [5, 5.41) is 6.57. The lowest BCUT2D eigenvalue weighted by Crippen LogP contribution is -2.36. The van der Waals surface area contributed by atoms with Crippen molar-refractivity contribution in [3.63, 3.8) is 0 Å². The van der Waals surface area contributed by atoms with E-state index in [9.17, 15) is 9.59 Å². The van der Waals surface area contributed by atoms with Crippen LogP contribution in [0.3, 0.4) is 0 Å². The normalized spacial score (nSPS) is 25.6. The fourth-order valence-electron chi connectivity index (χ4n) is 2.64. The number of carbonyl (C=O) groups excluding carboxylic acids is 2. The van der Waals surface area contributed by atoms with Crippen LogP contribution in [0.4, 0.5) is 0 Å². The minimum atomic E-state index is -0.336. The van der Waals surface area contributed by atoms with Gasteiger partial charge in [-0.3, -0.25) is 9.59 Å². The minimum absolute atomic E-state index is 0.0423. The number of ether oxygens (including phenoxy) is 2. The lowest BCUT2D eigenvalue weighted by atomic mass is 9.96. The average molecular weight is 298 g/mol. The van der Waals surface area contributed by atoms with Crippen LogP contribution in [0.5, 0.6) is 0 Å². The zero-order valence-electron chi connectivity index (χ0n) is 12.7. The molecule has 2 atom stereocenters. The van der Waals surface area contributed by atoms with E-state index < -0.39 is 0 Å². The van der Waals surface area contributed by atoms with Crippen molar-refractivity contribution in [1.82, 2.24) is 10.6 Å². The van der Waals surface area contributed by atoms with Gasteiger partial charge in [0, 0.05) is 25.6 Å². The smallest absolute Gasteiger partial charge is 0.305 e. The van der Waals surface area contributed by atoms with Crippen molar-refractivity contribution in [2.75, 3.05) is 26.7 Å². The summed E-state index contributed by atoms with van der Waals surface area (Å²) < 4.78 is 10.5. The maximum absolute atomic E-state index is 11.6. The second kappa shape index (κ2) is 8.46. The van der Waals surface area contributed by atoms with Crippen molar-refractivity contribution in [3.05, 3.63) is 0 Å². The standard InChI is InChI=1S/C15H26N2O4/c1-20-15(19)6-5-12(18)9-16-8-11-7-14(10-17-11)21-13-3-2-4-13/h11,13-14,16-17H,2-10H2,1H3/t11-,14-/m0/s1. The van der Waals surface area contributed by atoms with E-state index in [1.54, 1.807) is 0 Å². The van der Waals surface area contributed by atoms with Crippen molar-refractivity contribution in [2.24, 2.45) is 0 Å². The molecule has 0 bridgehead atoms. The molecule has 120 valence electrons. The summed E-state index contributed by atoms with van der Waals surface area (Å²) in [4.78, 5) is 22.5. The molecule has 1 saturated carbocycles. The van der Waals surface area contributed by atoms with E-state index in [-0.39, 0.29) is 24.6 Å². The topological polar surface area (TPSA) is 76.7 Å². The number of esters is 1. The Bertz CT molecular complexity index is 358. The first kappa shape index (κ1) is 16.4. The Balaban J connectivity index is 1.50. The highest BCUT2D eigenvalue weighted by Crippen LogP contribution is 2.25. The third-order valence-electron chi connectivity index (χ3n) is 4.17. The molecule has 1 heterocycles. The Morgan fingerprint density at radius 1 is 1.24 bits per heavy atom. The highest BCUT2D eigenvalue weighted by Gasteiger charge is 2.29. The lowest BCUT2D eigenvalue weighted by Gasteiger charge is -2.28. The number of ketones is 1. The van der Waals surface area contributed by atoms with Gasteiger partial charge in [-0.2, -0.15) is 0 Å². The molecule has 6 nitrogen and oxygen atoms in total. The Hall–Kier alpha value is -0.980. The molecule has 21 heavy (non-hydrogen) atoms. The minimum Gasteiger partial charge on any atom is -0.469 e. The molecule has 0 aromatic carbocycles. The summed E-state index contributed by atoms with van der Waals surface area (Å²) in [6, 6.07) is 0.364. The van der Waals surface area contributed by atoms with Crippen LogP contribution in [0.2, 0.25) is 0 Å². The van der Waals surface area contributed by atoms with Gasteiger partial charge in [0.1, 0.15) is 5.78 Å². The van der Waals surface area contributed by atoms with Gasteiger partial charge in [0.25, 0.3) is 0 Å². The number of hydrogen-bond acceptors (Lipinski definition) is 6.